The molecule has 0 bridgehead atoms. The third-order valence-electron chi connectivity index (χ3n) is 5.24. The van der Waals surface area contributed by atoms with Crippen LogP contribution in [-0.4, -0.2) is 54.2 Å². The number of ether oxygens (including phenoxy) is 1. The summed E-state index contributed by atoms with van der Waals surface area (Å²) in [4.78, 5) is 31.3. The van der Waals surface area contributed by atoms with E-state index in [1.54, 1.807) is 51.2 Å². The molecule has 2 aliphatic heterocycles. The van der Waals surface area contributed by atoms with Gasteiger partial charge in [-0.05, 0) is 49.7 Å². The molecule has 1 unspecified atom stereocenters. The first-order chi connectivity index (χ1) is 16.6. The van der Waals surface area contributed by atoms with Crippen LogP contribution in [0, 0.1) is 17.7 Å². The number of rotatable bonds is 4. The fourth-order valence-corrected chi connectivity index (χ4v) is 3.51. The monoisotopic (exact) mass is 477 g/mol. The van der Waals surface area contributed by atoms with Gasteiger partial charge in [0.05, 0.1) is 5.69 Å². The Hall–Kier alpha value is -4.10. The van der Waals surface area contributed by atoms with Crippen LogP contribution in [0.2, 0.25) is 0 Å². The molecule has 10 heteroatoms. The first kappa shape index (κ1) is 24.0. The van der Waals surface area contributed by atoms with Crippen molar-refractivity contribution in [2.75, 3.05) is 18.6 Å². The molecule has 2 aliphatic rings. The molecule has 0 radical (unpaired) electrons. The van der Waals surface area contributed by atoms with E-state index in [0.29, 0.717) is 29.0 Å². The van der Waals surface area contributed by atoms with Gasteiger partial charge in [-0.2, -0.15) is 5.11 Å². The third kappa shape index (κ3) is 5.88. The summed E-state index contributed by atoms with van der Waals surface area (Å²) in [6.45, 7) is 3.06. The van der Waals surface area contributed by atoms with Crippen LogP contribution in [0.3, 0.4) is 0 Å². The second-order valence-corrected chi connectivity index (χ2v) is 8.71. The SMILES string of the molecule is CN1C(=O)[C@@H](NC(=O)C2=NC(Cc3cccc(F)c3)N=N2)COc2ccc(C#CC(C)(C)O)cc21. The number of carbonyl (C=O) groups excluding carboxylic acids is 2. The topological polar surface area (TPSA) is 116 Å². The Morgan fingerprint density at radius 1 is 1.31 bits per heavy atom. The normalized spacial score (nSPS) is 19.2. The van der Waals surface area contributed by atoms with E-state index >= 15 is 0 Å². The Balaban J connectivity index is 1.44. The molecule has 0 fully saturated rings. The minimum atomic E-state index is -1.16. The number of fused-ring (bicyclic) bond motifs is 1. The first-order valence-electron chi connectivity index (χ1n) is 10.9. The number of amides is 2. The summed E-state index contributed by atoms with van der Waals surface area (Å²) < 4.78 is 19.2. The lowest BCUT2D eigenvalue weighted by Gasteiger charge is -2.20. The lowest BCUT2D eigenvalue weighted by molar-refractivity contribution is -0.124. The summed E-state index contributed by atoms with van der Waals surface area (Å²) in [5, 5.41) is 20.2. The number of aliphatic hydroxyl groups is 1. The quantitative estimate of drug-likeness (QED) is 0.657. The summed E-state index contributed by atoms with van der Waals surface area (Å²) >= 11 is 0. The number of azo groups is 1. The van der Waals surface area contributed by atoms with Crippen molar-refractivity contribution in [2.24, 2.45) is 15.2 Å². The molecule has 35 heavy (non-hydrogen) atoms. The molecular weight excluding hydrogens is 453 g/mol. The first-order valence-corrected chi connectivity index (χ1v) is 10.9. The van der Waals surface area contributed by atoms with Crippen molar-refractivity contribution in [1.82, 2.24) is 5.32 Å². The lowest BCUT2D eigenvalue weighted by Crippen LogP contribution is -2.50. The van der Waals surface area contributed by atoms with Crippen LogP contribution in [0.15, 0.2) is 57.7 Å². The average Bonchev–Trinajstić information content (AvgIpc) is 3.23. The molecule has 0 spiro atoms. The number of halogens is 1. The molecule has 0 aromatic heterocycles. The van der Waals surface area contributed by atoms with Crippen molar-refractivity contribution in [3.05, 3.63) is 59.4 Å². The van der Waals surface area contributed by atoms with Gasteiger partial charge in [-0.15, -0.1) is 5.11 Å². The summed E-state index contributed by atoms with van der Waals surface area (Å²) in [6.07, 6.45) is -0.353. The summed E-state index contributed by atoms with van der Waals surface area (Å²) in [5.74, 6) is 4.48. The molecule has 0 aliphatic carbocycles. The fraction of sp³-hybridized carbons (Fsp3) is 0.320. The van der Waals surface area contributed by atoms with Crippen LogP contribution in [0.25, 0.3) is 0 Å². The second kappa shape index (κ2) is 9.64. The van der Waals surface area contributed by atoms with Gasteiger partial charge in [0.15, 0.2) is 6.17 Å². The number of carbonyl (C=O) groups is 2. The van der Waals surface area contributed by atoms with E-state index in [4.69, 9.17) is 4.74 Å². The molecule has 2 amide bonds. The van der Waals surface area contributed by atoms with Crippen LogP contribution in [-0.2, 0) is 16.0 Å². The fourth-order valence-electron chi connectivity index (χ4n) is 3.51. The molecule has 9 nitrogen and oxygen atoms in total. The highest BCUT2D eigenvalue weighted by atomic mass is 19.1. The number of nitrogens with one attached hydrogen (secondary N) is 1. The van der Waals surface area contributed by atoms with Crippen LogP contribution in [0.4, 0.5) is 10.1 Å². The molecule has 0 saturated carbocycles. The Kier molecular flexibility index (Phi) is 6.62. The zero-order valence-corrected chi connectivity index (χ0v) is 19.4. The van der Waals surface area contributed by atoms with Gasteiger partial charge in [-0.1, -0.05) is 24.0 Å². The highest BCUT2D eigenvalue weighted by molar-refractivity contribution is 6.38. The summed E-state index contributed by atoms with van der Waals surface area (Å²) in [6, 6.07) is 10.2. The zero-order chi connectivity index (χ0) is 25.2. The number of benzene rings is 2. The molecule has 180 valence electrons. The van der Waals surface area contributed by atoms with E-state index in [1.165, 1.54) is 17.0 Å². The van der Waals surface area contributed by atoms with Crippen LogP contribution in [0.1, 0.15) is 25.0 Å². The van der Waals surface area contributed by atoms with Crippen molar-refractivity contribution in [3.8, 4) is 17.6 Å². The van der Waals surface area contributed by atoms with Gasteiger partial charge in [0.1, 0.15) is 29.8 Å². The molecule has 2 heterocycles. The van der Waals surface area contributed by atoms with Crippen molar-refractivity contribution >= 4 is 23.3 Å². The minimum absolute atomic E-state index is 0.0895. The Morgan fingerprint density at radius 2 is 2.11 bits per heavy atom. The Bertz CT molecular complexity index is 1290. The van der Waals surface area contributed by atoms with Crippen LogP contribution < -0.4 is 15.0 Å². The van der Waals surface area contributed by atoms with E-state index in [2.05, 4.69) is 32.4 Å². The number of likely N-dealkylation sites (N-methyl/N-ethyl adjacent to an activating group) is 1. The number of hydrogen-bond donors (Lipinski definition) is 2. The van der Waals surface area contributed by atoms with Crippen molar-refractivity contribution in [1.29, 1.82) is 0 Å². The van der Waals surface area contributed by atoms with Crippen LogP contribution >= 0.6 is 0 Å². The van der Waals surface area contributed by atoms with Gasteiger partial charge in [0.2, 0.25) is 5.84 Å². The van der Waals surface area contributed by atoms with E-state index in [1.807, 2.05) is 0 Å². The number of amidine groups is 1. The highest BCUT2D eigenvalue weighted by Gasteiger charge is 2.32. The highest BCUT2D eigenvalue weighted by Crippen LogP contribution is 2.31. The van der Waals surface area contributed by atoms with Gasteiger partial charge < -0.3 is 20.1 Å². The number of aliphatic imine (C=N–C) groups is 1. The lowest BCUT2D eigenvalue weighted by atomic mass is 10.1. The van der Waals surface area contributed by atoms with E-state index < -0.39 is 29.6 Å². The maximum Gasteiger partial charge on any atom is 0.291 e. The Morgan fingerprint density at radius 3 is 2.86 bits per heavy atom. The predicted octanol–water partition coefficient (Wildman–Crippen LogP) is 2.22. The minimum Gasteiger partial charge on any atom is -0.489 e. The molecular formula is C25H24FN5O4. The molecule has 2 aromatic rings. The predicted molar refractivity (Wildman–Crippen MR) is 127 cm³/mol. The van der Waals surface area contributed by atoms with Gasteiger partial charge in [0.25, 0.3) is 11.8 Å². The second-order valence-electron chi connectivity index (χ2n) is 8.71. The maximum atomic E-state index is 13.4. The smallest absolute Gasteiger partial charge is 0.291 e. The number of nitrogens with zero attached hydrogens (tertiary/aromatic N) is 4. The maximum absolute atomic E-state index is 13.4. The van der Waals surface area contributed by atoms with Gasteiger partial charge in [-0.25, -0.2) is 9.38 Å². The summed E-state index contributed by atoms with van der Waals surface area (Å²) in [7, 11) is 1.57. The molecule has 4 rings (SSSR count). The molecule has 2 atom stereocenters. The summed E-state index contributed by atoms with van der Waals surface area (Å²) in [5.41, 5.74) is 0.610. The van der Waals surface area contributed by atoms with Crippen molar-refractivity contribution in [2.45, 2.75) is 38.1 Å². The zero-order valence-electron chi connectivity index (χ0n) is 19.4. The number of anilines is 1. The largest absolute Gasteiger partial charge is 0.489 e. The van der Waals surface area contributed by atoms with E-state index in [-0.39, 0.29) is 18.3 Å². The molecule has 0 saturated heterocycles. The van der Waals surface area contributed by atoms with Gasteiger partial charge in [0, 0.05) is 19.0 Å². The Labute approximate surface area is 201 Å². The van der Waals surface area contributed by atoms with E-state index in [0.717, 1.165) is 0 Å². The van der Waals surface area contributed by atoms with Crippen molar-refractivity contribution in [3.63, 3.8) is 0 Å². The van der Waals surface area contributed by atoms with E-state index in [9.17, 15) is 19.1 Å². The van der Waals surface area contributed by atoms with Crippen molar-refractivity contribution < 1.29 is 23.8 Å². The van der Waals surface area contributed by atoms with Gasteiger partial charge in [-0.3, -0.25) is 9.59 Å². The average molecular weight is 477 g/mol. The van der Waals surface area contributed by atoms with Crippen LogP contribution in [0.5, 0.6) is 5.75 Å². The standard InChI is InChI=1S/C25H24FN5O4/c1-25(2,34)10-9-15-7-8-20-19(12-15)31(3)24(33)18(14-35-20)27-23(32)22-28-21(29-30-22)13-16-5-4-6-17(26)11-16/h4-8,11-12,18,21,34H,13-14H2,1-3H3,(H,27,32)/t18-,21?/m0/s1. The third-order valence-corrected chi connectivity index (χ3v) is 5.24. The van der Waals surface area contributed by atoms with Gasteiger partial charge >= 0.3 is 0 Å². The molecule has 2 aromatic carbocycles. The molecule has 2 N–H and O–H groups in total. The number of hydrogen-bond acceptors (Lipinski definition) is 7.